The number of nitrogens with zero attached hydrogens (tertiary/aromatic N) is 2. The third-order valence-corrected chi connectivity index (χ3v) is 2.82. The zero-order valence-corrected chi connectivity index (χ0v) is 10.7. The molecule has 0 aliphatic carbocycles. The van der Waals surface area contributed by atoms with Crippen molar-refractivity contribution in [3.63, 3.8) is 0 Å². The third kappa shape index (κ3) is 4.19. The van der Waals surface area contributed by atoms with E-state index in [9.17, 15) is 4.79 Å². The maximum absolute atomic E-state index is 11.7. The Hall–Kier alpha value is -1.36. The van der Waals surface area contributed by atoms with Crippen LogP contribution in [0.1, 0.15) is 35.9 Å². The van der Waals surface area contributed by atoms with E-state index in [0.29, 0.717) is 18.2 Å². The SMILES string of the molecule is Cc1cc(C(=O)NCCCC(C)CO)nn1C. The molecule has 0 radical (unpaired) electrons. The van der Waals surface area contributed by atoms with Gasteiger partial charge in [0.1, 0.15) is 5.69 Å². The first kappa shape index (κ1) is 13.7. The lowest BCUT2D eigenvalue weighted by Gasteiger charge is -2.07. The summed E-state index contributed by atoms with van der Waals surface area (Å²) in [6, 6.07) is 1.77. The highest BCUT2D eigenvalue weighted by molar-refractivity contribution is 5.92. The zero-order valence-electron chi connectivity index (χ0n) is 10.7. The second-order valence-corrected chi connectivity index (χ2v) is 4.48. The molecule has 0 saturated carbocycles. The highest BCUT2D eigenvalue weighted by Crippen LogP contribution is 2.04. The second kappa shape index (κ2) is 6.39. The number of amides is 1. The average Bonchev–Trinajstić information content (AvgIpc) is 2.64. The smallest absolute Gasteiger partial charge is 0.271 e. The summed E-state index contributed by atoms with van der Waals surface area (Å²) in [6.07, 6.45) is 1.79. The van der Waals surface area contributed by atoms with Gasteiger partial charge >= 0.3 is 0 Å². The molecule has 0 spiro atoms. The van der Waals surface area contributed by atoms with Gasteiger partial charge in [0, 0.05) is 25.9 Å². The summed E-state index contributed by atoms with van der Waals surface area (Å²) in [5, 5.41) is 15.8. The number of aromatic nitrogens is 2. The maximum Gasteiger partial charge on any atom is 0.271 e. The van der Waals surface area contributed by atoms with Crippen LogP contribution in [0, 0.1) is 12.8 Å². The zero-order chi connectivity index (χ0) is 12.8. The predicted molar refractivity (Wildman–Crippen MR) is 65.8 cm³/mol. The van der Waals surface area contributed by atoms with E-state index in [2.05, 4.69) is 10.4 Å². The van der Waals surface area contributed by atoms with Gasteiger partial charge in [-0.1, -0.05) is 6.92 Å². The first-order chi connectivity index (χ1) is 8.04. The van der Waals surface area contributed by atoms with E-state index in [0.717, 1.165) is 18.5 Å². The topological polar surface area (TPSA) is 67.2 Å². The van der Waals surface area contributed by atoms with Crippen molar-refractivity contribution in [1.82, 2.24) is 15.1 Å². The molecule has 2 N–H and O–H groups in total. The van der Waals surface area contributed by atoms with Crippen molar-refractivity contribution in [2.75, 3.05) is 13.2 Å². The van der Waals surface area contributed by atoms with Crippen molar-refractivity contribution in [1.29, 1.82) is 0 Å². The Balaban J connectivity index is 2.30. The van der Waals surface area contributed by atoms with Crippen LogP contribution in [0.2, 0.25) is 0 Å². The van der Waals surface area contributed by atoms with E-state index >= 15 is 0 Å². The Morgan fingerprint density at radius 1 is 1.65 bits per heavy atom. The Morgan fingerprint density at radius 3 is 2.88 bits per heavy atom. The molecule has 17 heavy (non-hydrogen) atoms. The highest BCUT2D eigenvalue weighted by atomic mass is 16.3. The summed E-state index contributed by atoms with van der Waals surface area (Å²) in [6.45, 7) is 4.73. The van der Waals surface area contributed by atoms with Crippen LogP contribution >= 0.6 is 0 Å². The lowest BCUT2D eigenvalue weighted by molar-refractivity contribution is 0.0946. The van der Waals surface area contributed by atoms with Gasteiger partial charge in [0.05, 0.1) is 0 Å². The minimum atomic E-state index is -0.134. The van der Waals surface area contributed by atoms with E-state index in [1.54, 1.807) is 10.7 Å². The van der Waals surface area contributed by atoms with Crippen LogP contribution in [0.3, 0.4) is 0 Å². The first-order valence-corrected chi connectivity index (χ1v) is 5.94. The van der Waals surface area contributed by atoms with Crippen molar-refractivity contribution >= 4 is 5.91 Å². The summed E-state index contributed by atoms with van der Waals surface area (Å²) in [4.78, 5) is 11.7. The molecule has 0 aliphatic rings. The second-order valence-electron chi connectivity index (χ2n) is 4.48. The van der Waals surface area contributed by atoms with Gasteiger partial charge in [0.25, 0.3) is 5.91 Å². The maximum atomic E-state index is 11.7. The number of aliphatic hydroxyl groups excluding tert-OH is 1. The molecule has 1 amide bonds. The van der Waals surface area contributed by atoms with Crippen molar-refractivity contribution in [2.24, 2.45) is 13.0 Å². The standard InChI is InChI=1S/C12H21N3O2/c1-9(8-16)5-4-6-13-12(17)11-7-10(2)15(3)14-11/h7,9,16H,4-6,8H2,1-3H3,(H,13,17). The van der Waals surface area contributed by atoms with Gasteiger partial charge in [-0.25, -0.2) is 0 Å². The van der Waals surface area contributed by atoms with Crippen LogP contribution in [0.25, 0.3) is 0 Å². The molecule has 1 heterocycles. The molecular weight excluding hydrogens is 218 g/mol. The van der Waals surface area contributed by atoms with Crippen molar-refractivity contribution < 1.29 is 9.90 Å². The van der Waals surface area contributed by atoms with E-state index in [-0.39, 0.29) is 12.5 Å². The molecule has 1 rings (SSSR count). The number of aliphatic hydroxyl groups is 1. The largest absolute Gasteiger partial charge is 0.396 e. The van der Waals surface area contributed by atoms with Crippen molar-refractivity contribution in [3.05, 3.63) is 17.5 Å². The fourth-order valence-corrected chi connectivity index (χ4v) is 1.51. The fraction of sp³-hybridized carbons (Fsp3) is 0.667. The molecule has 5 heteroatoms. The van der Waals surface area contributed by atoms with Crippen LogP contribution in [-0.2, 0) is 7.05 Å². The molecule has 1 unspecified atom stereocenters. The van der Waals surface area contributed by atoms with Crippen LogP contribution < -0.4 is 5.32 Å². The van der Waals surface area contributed by atoms with Gasteiger partial charge in [0.15, 0.2) is 0 Å². The molecule has 0 aromatic carbocycles. The third-order valence-electron chi connectivity index (χ3n) is 2.82. The van der Waals surface area contributed by atoms with Crippen LogP contribution in [0.5, 0.6) is 0 Å². The monoisotopic (exact) mass is 239 g/mol. The van der Waals surface area contributed by atoms with Crippen molar-refractivity contribution in [2.45, 2.75) is 26.7 Å². The molecule has 0 saturated heterocycles. The van der Waals surface area contributed by atoms with Crippen molar-refractivity contribution in [3.8, 4) is 0 Å². The van der Waals surface area contributed by atoms with E-state index in [1.165, 1.54) is 0 Å². The average molecular weight is 239 g/mol. The fourth-order valence-electron chi connectivity index (χ4n) is 1.51. The minimum Gasteiger partial charge on any atom is -0.396 e. The predicted octanol–water partition coefficient (Wildman–Crippen LogP) is 0.867. The Morgan fingerprint density at radius 2 is 2.35 bits per heavy atom. The molecule has 1 aromatic heterocycles. The number of rotatable bonds is 6. The number of carbonyl (C=O) groups is 1. The summed E-state index contributed by atoms with van der Waals surface area (Å²) in [5.41, 5.74) is 1.42. The number of nitrogens with one attached hydrogen (secondary N) is 1. The molecule has 5 nitrogen and oxygen atoms in total. The minimum absolute atomic E-state index is 0.134. The van der Waals surface area contributed by atoms with Gasteiger partial charge in [-0.2, -0.15) is 5.10 Å². The number of aryl methyl sites for hydroxylation is 2. The number of hydrogen-bond donors (Lipinski definition) is 2. The van der Waals surface area contributed by atoms with Gasteiger partial charge in [-0.3, -0.25) is 9.48 Å². The van der Waals surface area contributed by atoms with Gasteiger partial charge in [-0.05, 0) is 31.7 Å². The normalized spacial score (nSPS) is 12.5. The molecular formula is C12H21N3O2. The molecule has 0 aliphatic heterocycles. The number of hydrogen-bond acceptors (Lipinski definition) is 3. The van der Waals surface area contributed by atoms with Crippen LogP contribution in [-0.4, -0.2) is 33.9 Å². The summed E-state index contributed by atoms with van der Waals surface area (Å²) >= 11 is 0. The summed E-state index contributed by atoms with van der Waals surface area (Å²) < 4.78 is 1.68. The summed E-state index contributed by atoms with van der Waals surface area (Å²) in [5.74, 6) is 0.161. The van der Waals surface area contributed by atoms with E-state index in [1.807, 2.05) is 20.9 Å². The summed E-state index contributed by atoms with van der Waals surface area (Å²) in [7, 11) is 1.81. The van der Waals surface area contributed by atoms with Crippen LogP contribution in [0.4, 0.5) is 0 Å². The molecule has 1 atom stereocenters. The van der Waals surface area contributed by atoms with Gasteiger partial charge < -0.3 is 10.4 Å². The molecule has 0 fully saturated rings. The molecule has 0 bridgehead atoms. The Bertz CT molecular complexity index is 354. The lowest BCUT2D eigenvalue weighted by atomic mass is 10.1. The molecule has 1 aromatic rings. The lowest BCUT2D eigenvalue weighted by Crippen LogP contribution is -2.25. The quantitative estimate of drug-likeness (QED) is 0.724. The van der Waals surface area contributed by atoms with Gasteiger partial charge in [-0.15, -0.1) is 0 Å². The molecule has 96 valence electrons. The first-order valence-electron chi connectivity index (χ1n) is 5.94. The Labute approximate surface area is 102 Å². The highest BCUT2D eigenvalue weighted by Gasteiger charge is 2.10. The van der Waals surface area contributed by atoms with Crippen LogP contribution in [0.15, 0.2) is 6.07 Å². The number of carbonyl (C=O) groups excluding carboxylic acids is 1. The van der Waals surface area contributed by atoms with Gasteiger partial charge in [0.2, 0.25) is 0 Å². The van der Waals surface area contributed by atoms with E-state index < -0.39 is 0 Å². The van der Waals surface area contributed by atoms with E-state index in [4.69, 9.17) is 5.11 Å². The Kier molecular flexibility index (Phi) is 5.15.